The summed E-state index contributed by atoms with van der Waals surface area (Å²) in [4.78, 5) is 16.7. The van der Waals surface area contributed by atoms with E-state index >= 15 is 0 Å². The molecule has 0 N–H and O–H groups in total. The molecule has 8 heteroatoms. The Labute approximate surface area is 229 Å². The first-order valence-corrected chi connectivity index (χ1v) is 13.1. The van der Waals surface area contributed by atoms with Crippen molar-refractivity contribution < 1.29 is 14.3 Å². The molecule has 0 spiro atoms. The summed E-state index contributed by atoms with van der Waals surface area (Å²) in [6.45, 7) is 0.482. The zero-order valence-electron chi connectivity index (χ0n) is 15.7. The van der Waals surface area contributed by atoms with Crippen LogP contribution < -0.4 is 4.74 Å². The highest BCUT2D eigenvalue weighted by atomic mass is 127. The van der Waals surface area contributed by atoms with E-state index in [1.165, 1.54) is 0 Å². The van der Waals surface area contributed by atoms with Crippen molar-refractivity contribution in [2.24, 2.45) is 4.99 Å². The van der Waals surface area contributed by atoms with Crippen LogP contribution in [0.25, 0.3) is 6.08 Å². The fraction of sp³-hybridized carbons (Fsp3) is 0.0435. The zero-order chi connectivity index (χ0) is 22.0. The molecule has 0 fully saturated rings. The molecule has 3 aromatic rings. The van der Waals surface area contributed by atoms with Gasteiger partial charge in [-0.2, -0.15) is 0 Å². The van der Waals surface area contributed by atoms with Gasteiger partial charge >= 0.3 is 5.97 Å². The van der Waals surface area contributed by atoms with Gasteiger partial charge in [-0.25, -0.2) is 9.79 Å². The van der Waals surface area contributed by atoms with Crippen molar-refractivity contribution in [1.29, 1.82) is 0 Å². The summed E-state index contributed by atoms with van der Waals surface area (Å²) in [6, 6.07) is 19.7. The number of ether oxygens (including phenoxy) is 2. The number of carbonyl (C=O) groups excluding carboxylic acids is 1. The summed E-state index contributed by atoms with van der Waals surface area (Å²) in [7, 11) is 0. The van der Waals surface area contributed by atoms with Gasteiger partial charge in [0.1, 0.15) is 12.4 Å². The molecule has 4 rings (SSSR count). The van der Waals surface area contributed by atoms with Crippen LogP contribution in [-0.2, 0) is 16.1 Å². The molecule has 0 saturated carbocycles. The van der Waals surface area contributed by atoms with Crippen molar-refractivity contribution >= 4 is 102 Å². The average molecular weight is 812 g/mol. The second-order valence-corrected chi connectivity index (χ2v) is 11.1. The maximum Gasteiger partial charge on any atom is 0.363 e. The van der Waals surface area contributed by atoms with Gasteiger partial charge < -0.3 is 9.47 Å². The fourth-order valence-electron chi connectivity index (χ4n) is 2.82. The number of nitrogens with zero attached hydrogens (tertiary/aromatic N) is 1. The van der Waals surface area contributed by atoms with E-state index in [1.807, 2.05) is 60.7 Å². The molecule has 0 aromatic heterocycles. The third-order valence-electron chi connectivity index (χ3n) is 4.33. The van der Waals surface area contributed by atoms with Crippen LogP contribution in [0.3, 0.4) is 0 Å². The quantitative estimate of drug-likeness (QED) is 0.156. The van der Waals surface area contributed by atoms with Crippen LogP contribution >= 0.6 is 83.7 Å². The Morgan fingerprint density at radius 3 is 2.26 bits per heavy atom. The Bertz CT molecular complexity index is 1180. The molecule has 156 valence electrons. The van der Waals surface area contributed by atoms with Crippen molar-refractivity contribution in [3.8, 4) is 5.75 Å². The molecule has 0 radical (unpaired) electrons. The van der Waals surface area contributed by atoms with Gasteiger partial charge in [0.15, 0.2) is 5.70 Å². The smallest absolute Gasteiger partial charge is 0.363 e. The number of rotatable bonds is 5. The molecule has 3 aromatic carbocycles. The number of benzene rings is 3. The summed E-state index contributed by atoms with van der Waals surface area (Å²) < 4.78 is 15.5. The minimum atomic E-state index is -0.450. The molecule has 0 unspecified atom stereocenters. The number of esters is 1. The summed E-state index contributed by atoms with van der Waals surface area (Å²) >= 11 is 10.2. The van der Waals surface area contributed by atoms with Crippen LogP contribution in [0.1, 0.15) is 16.7 Å². The first kappa shape index (κ1) is 23.2. The Kier molecular flexibility index (Phi) is 7.70. The van der Waals surface area contributed by atoms with Gasteiger partial charge in [0.2, 0.25) is 5.90 Å². The minimum absolute atomic E-state index is 0.281. The molecular formula is C23H13BrI3NO3. The van der Waals surface area contributed by atoms with Crippen molar-refractivity contribution in [2.45, 2.75) is 6.61 Å². The van der Waals surface area contributed by atoms with Crippen molar-refractivity contribution in [3.63, 3.8) is 0 Å². The fourth-order valence-corrected chi connectivity index (χ4v) is 5.57. The Morgan fingerprint density at radius 1 is 0.968 bits per heavy atom. The van der Waals surface area contributed by atoms with Crippen molar-refractivity contribution in [2.75, 3.05) is 0 Å². The second-order valence-electron chi connectivity index (χ2n) is 6.57. The van der Waals surface area contributed by atoms with Gasteiger partial charge in [-0.15, -0.1) is 0 Å². The van der Waals surface area contributed by atoms with E-state index in [4.69, 9.17) is 9.47 Å². The zero-order valence-corrected chi connectivity index (χ0v) is 23.8. The topological polar surface area (TPSA) is 47.9 Å². The number of cyclic esters (lactones) is 1. The minimum Gasteiger partial charge on any atom is -0.487 e. The number of halogens is 4. The first-order valence-electron chi connectivity index (χ1n) is 9.04. The molecule has 0 aliphatic carbocycles. The molecule has 0 atom stereocenters. The average Bonchev–Trinajstić information content (AvgIpc) is 3.09. The predicted molar refractivity (Wildman–Crippen MR) is 150 cm³/mol. The highest BCUT2D eigenvalue weighted by molar-refractivity contribution is 14.1. The SMILES string of the molecule is O=C1OC(c2ccc(I)cc2)=N/C1=C\c1cc(I)c(OCc2ccc(Br)cc2)c(I)c1. The van der Waals surface area contributed by atoms with Crippen LogP contribution in [0.2, 0.25) is 0 Å². The van der Waals surface area contributed by atoms with Gasteiger partial charge in [0.05, 0.1) is 7.14 Å². The van der Waals surface area contributed by atoms with Gasteiger partial charge in [-0.3, -0.25) is 0 Å². The van der Waals surface area contributed by atoms with Crippen LogP contribution in [0.5, 0.6) is 5.75 Å². The van der Waals surface area contributed by atoms with Gasteiger partial charge in [-0.1, -0.05) is 28.1 Å². The largest absolute Gasteiger partial charge is 0.487 e. The third-order valence-corrected chi connectivity index (χ3v) is 7.18. The molecule has 31 heavy (non-hydrogen) atoms. The maximum absolute atomic E-state index is 12.3. The Morgan fingerprint density at radius 2 is 1.61 bits per heavy atom. The van der Waals surface area contributed by atoms with Gasteiger partial charge in [0.25, 0.3) is 0 Å². The monoisotopic (exact) mass is 811 g/mol. The van der Waals surface area contributed by atoms with Crippen molar-refractivity contribution in [3.05, 3.63) is 98.2 Å². The van der Waals surface area contributed by atoms with Crippen LogP contribution in [0, 0.1) is 10.7 Å². The number of hydrogen-bond acceptors (Lipinski definition) is 4. The highest BCUT2D eigenvalue weighted by Crippen LogP contribution is 2.31. The summed E-state index contributed by atoms with van der Waals surface area (Å²) in [6.07, 6.45) is 1.74. The molecule has 1 heterocycles. The Hall–Kier alpha value is -0.990. The Balaban J connectivity index is 1.54. The van der Waals surface area contributed by atoms with E-state index in [1.54, 1.807) is 6.08 Å². The normalized spacial score (nSPS) is 14.5. The number of hydrogen-bond donors (Lipinski definition) is 0. The highest BCUT2D eigenvalue weighted by Gasteiger charge is 2.24. The number of carbonyl (C=O) groups is 1. The lowest BCUT2D eigenvalue weighted by atomic mass is 10.2. The van der Waals surface area contributed by atoms with E-state index in [-0.39, 0.29) is 5.70 Å². The lowest BCUT2D eigenvalue weighted by molar-refractivity contribution is -0.129. The predicted octanol–water partition coefficient (Wildman–Crippen LogP) is 7.19. The molecule has 4 nitrogen and oxygen atoms in total. The van der Waals surface area contributed by atoms with E-state index in [0.29, 0.717) is 12.5 Å². The van der Waals surface area contributed by atoms with Gasteiger partial charge in [-0.05, 0) is 134 Å². The summed E-state index contributed by atoms with van der Waals surface area (Å²) in [5.41, 5.74) is 3.01. The summed E-state index contributed by atoms with van der Waals surface area (Å²) in [5, 5.41) is 0. The standard InChI is InChI=1S/C23H13BrI3NO3/c24-16-5-1-13(2-6-16)12-30-21-18(26)9-14(10-19(21)27)11-20-23(29)31-22(28-20)15-3-7-17(25)8-4-15/h1-11H,12H2/b20-11-. The van der Waals surface area contributed by atoms with E-state index in [9.17, 15) is 4.79 Å². The number of aliphatic imine (C=N–C) groups is 1. The molecule has 0 saturated heterocycles. The third kappa shape index (κ3) is 5.88. The maximum atomic E-state index is 12.3. The van der Waals surface area contributed by atoms with Crippen LogP contribution in [0.4, 0.5) is 0 Å². The lowest BCUT2D eigenvalue weighted by Gasteiger charge is -2.11. The molecular weight excluding hydrogens is 799 g/mol. The van der Waals surface area contributed by atoms with E-state index in [2.05, 4.69) is 88.7 Å². The first-order chi connectivity index (χ1) is 14.9. The summed E-state index contributed by atoms with van der Waals surface area (Å²) in [5.74, 6) is 0.698. The molecule has 1 aliphatic rings. The second kappa shape index (κ2) is 10.3. The van der Waals surface area contributed by atoms with Gasteiger partial charge in [0, 0.05) is 13.6 Å². The van der Waals surface area contributed by atoms with Crippen molar-refractivity contribution in [1.82, 2.24) is 0 Å². The van der Waals surface area contributed by atoms with Crippen LogP contribution in [-0.4, -0.2) is 11.9 Å². The molecule has 1 aliphatic heterocycles. The molecule has 0 bridgehead atoms. The van der Waals surface area contributed by atoms with Crippen LogP contribution in [0.15, 0.2) is 75.8 Å². The lowest BCUT2D eigenvalue weighted by Crippen LogP contribution is -2.05. The molecule has 0 amide bonds. The van der Waals surface area contributed by atoms with E-state index < -0.39 is 5.97 Å². The van der Waals surface area contributed by atoms with E-state index in [0.717, 1.165) is 37.6 Å².